The largest absolute Gasteiger partial charge is 0.380 e. The minimum absolute atomic E-state index is 0.261. The lowest BCUT2D eigenvalue weighted by Gasteiger charge is -2.26. The first kappa shape index (κ1) is 16.2. The van der Waals surface area contributed by atoms with Crippen molar-refractivity contribution in [1.29, 1.82) is 0 Å². The lowest BCUT2D eigenvalue weighted by molar-refractivity contribution is 0.0605. The summed E-state index contributed by atoms with van der Waals surface area (Å²) in [5.41, 5.74) is 0. The van der Waals surface area contributed by atoms with Gasteiger partial charge in [0, 0.05) is 38.5 Å². The lowest BCUT2D eigenvalue weighted by atomic mass is 10.0. The van der Waals surface area contributed by atoms with E-state index in [2.05, 4.69) is 41.8 Å². The fourth-order valence-corrected chi connectivity index (χ4v) is 2.54. The summed E-state index contributed by atoms with van der Waals surface area (Å²) in [4.78, 5) is 4.50. The van der Waals surface area contributed by atoms with E-state index in [-0.39, 0.29) is 6.10 Å². The van der Waals surface area contributed by atoms with Crippen LogP contribution >= 0.6 is 0 Å². The van der Waals surface area contributed by atoms with Crippen LogP contribution in [0.1, 0.15) is 45.9 Å². The van der Waals surface area contributed by atoms with Crippen molar-refractivity contribution in [2.75, 3.05) is 13.7 Å². The molecule has 0 amide bonds. The molecule has 0 saturated heterocycles. The number of hydrogen-bond donors (Lipinski definition) is 1. The molecule has 4 heteroatoms. The third kappa shape index (κ3) is 4.96. The van der Waals surface area contributed by atoms with Crippen molar-refractivity contribution in [1.82, 2.24) is 14.9 Å². The first-order valence-electron chi connectivity index (χ1n) is 7.52. The van der Waals surface area contributed by atoms with E-state index in [1.165, 1.54) is 0 Å². The highest BCUT2D eigenvalue weighted by Gasteiger charge is 2.21. The van der Waals surface area contributed by atoms with Crippen LogP contribution in [0.5, 0.6) is 0 Å². The molecule has 2 unspecified atom stereocenters. The van der Waals surface area contributed by atoms with E-state index in [4.69, 9.17) is 4.74 Å². The summed E-state index contributed by atoms with van der Waals surface area (Å²) in [6.45, 7) is 8.54. The predicted octanol–water partition coefficient (Wildman–Crippen LogP) is 2.63. The van der Waals surface area contributed by atoms with Crippen molar-refractivity contribution in [2.45, 2.75) is 65.1 Å². The van der Waals surface area contributed by atoms with Crippen LogP contribution in [-0.2, 0) is 17.7 Å². The molecule has 19 heavy (non-hydrogen) atoms. The molecule has 110 valence electrons. The van der Waals surface area contributed by atoms with Crippen LogP contribution in [0.4, 0.5) is 0 Å². The number of hydrogen-bond acceptors (Lipinski definition) is 3. The maximum absolute atomic E-state index is 5.65. The summed E-state index contributed by atoms with van der Waals surface area (Å²) < 4.78 is 7.91. The van der Waals surface area contributed by atoms with Crippen molar-refractivity contribution in [3.8, 4) is 0 Å². The second-order valence-electron chi connectivity index (χ2n) is 4.97. The van der Waals surface area contributed by atoms with Gasteiger partial charge in [-0.05, 0) is 19.4 Å². The first-order chi connectivity index (χ1) is 9.26. The van der Waals surface area contributed by atoms with Gasteiger partial charge in [0.1, 0.15) is 5.82 Å². The number of imidazole rings is 1. The van der Waals surface area contributed by atoms with Crippen LogP contribution in [0.15, 0.2) is 12.4 Å². The second kappa shape index (κ2) is 9.10. The van der Waals surface area contributed by atoms with Crippen LogP contribution in [0.2, 0.25) is 0 Å². The minimum atomic E-state index is 0.261. The Morgan fingerprint density at radius 2 is 2.11 bits per heavy atom. The average Bonchev–Trinajstić information content (AvgIpc) is 2.83. The number of ether oxygens (including phenoxy) is 1. The summed E-state index contributed by atoms with van der Waals surface area (Å²) in [6, 6.07) is 0.341. The van der Waals surface area contributed by atoms with Crippen molar-refractivity contribution < 1.29 is 4.74 Å². The third-order valence-electron chi connectivity index (χ3n) is 3.46. The van der Waals surface area contributed by atoms with Gasteiger partial charge in [0.25, 0.3) is 0 Å². The normalized spacial score (nSPS) is 14.5. The van der Waals surface area contributed by atoms with Gasteiger partial charge in [-0.25, -0.2) is 4.98 Å². The highest BCUT2D eigenvalue weighted by molar-refractivity contribution is 4.97. The van der Waals surface area contributed by atoms with Crippen LogP contribution in [0.25, 0.3) is 0 Å². The van der Waals surface area contributed by atoms with Gasteiger partial charge < -0.3 is 14.6 Å². The minimum Gasteiger partial charge on any atom is -0.380 e. The molecule has 2 atom stereocenters. The molecule has 1 aromatic rings. The molecular formula is C15H29N3O. The van der Waals surface area contributed by atoms with Crippen molar-refractivity contribution >= 4 is 0 Å². The average molecular weight is 267 g/mol. The zero-order valence-corrected chi connectivity index (χ0v) is 12.9. The van der Waals surface area contributed by atoms with E-state index in [9.17, 15) is 0 Å². The monoisotopic (exact) mass is 267 g/mol. The van der Waals surface area contributed by atoms with E-state index in [0.29, 0.717) is 6.04 Å². The molecule has 0 aromatic carbocycles. The molecule has 4 nitrogen and oxygen atoms in total. The van der Waals surface area contributed by atoms with E-state index in [1.54, 1.807) is 0 Å². The highest BCUT2D eigenvalue weighted by Crippen LogP contribution is 2.12. The summed E-state index contributed by atoms with van der Waals surface area (Å²) >= 11 is 0. The Morgan fingerprint density at radius 3 is 2.68 bits per heavy atom. The maximum Gasteiger partial charge on any atom is 0.110 e. The topological polar surface area (TPSA) is 39.1 Å². The number of nitrogens with one attached hydrogen (secondary N) is 1. The van der Waals surface area contributed by atoms with E-state index in [0.717, 1.165) is 44.6 Å². The van der Waals surface area contributed by atoms with E-state index < -0.39 is 0 Å². The summed E-state index contributed by atoms with van der Waals surface area (Å²) in [6.07, 6.45) is 8.53. The highest BCUT2D eigenvalue weighted by atomic mass is 16.5. The van der Waals surface area contributed by atoms with Crippen LogP contribution in [-0.4, -0.2) is 35.4 Å². The third-order valence-corrected chi connectivity index (χ3v) is 3.46. The summed E-state index contributed by atoms with van der Waals surface area (Å²) in [5, 5.41) is 3.55. The van der Waals surface area contributed by atoms with Crippen molar-refractivity contribution in [3.63, 3.8) is 0 Å². The standard InChI is InChI=1S/C15H29N3O/c1-5-8-14(19-4)13(16-7-3)12-15-17-9-11-18(15)10-6-2/h9,11,13-14,16H,5-8,10,12H2,1-4H3. The molecule has 0 saturated carbocycles. The fraction of sp³-hybridized carbons (Fsp3) is 0.800. The molecule has 0 aliphatic carbocycles. The number of nitrogens with zero attached hydrogens (tertiary/aromatic N) is 2. The van der Waals surface area contributed by atoms with E-state index in [1.807, 2.05) is 13.3 Å². The van der Waals surface area contributed by atoms with Gasteiger partial charge in [-0.2, -0.15) is 0 Å². The summed E-state index contributed by atoms with van der Waals surface area (Å²) in [7, 11) is 1.81. The fourth-order valence-electron chi connectivity index (χ4n) is 2.54. The second-order valence-corrected chi connectivity index (χ2v) is 4.97. The van der Waals surface area contributed by atoms with Gasteiger partial charge in [-0.15, -0.1) is 0 Å². The number of aromatic nitrogens is 2. The maximum atomic E-state index is 5.65. The smallest absolute Gasteiger partial charge is 0.110 e. The lowest BCUT2D eigenvalue weighted by Crippen LogP contribution is -2.43. The molecule has 1 N–H and O–H groups in total. The Bertz CT molecular complexity index is 338. The molecule has 0 spiro atoms. The molecule has 0 bridgehead atoms. The predicted molar refractivity (Wildman–Crippen MR) is 79.4 cm³/mol. The number of methoxy groups -OCH3 is 1. The Labute approximate surface area is 117 Å². The molecule has 0 radical (unpaired) electrons. The van der Waals surface area contributed by atoms with Gasteiger partial charge in [0.15, 0.2) is 0 Å². The van der Waals surface area contributed by atoms with E-state index >= 15 is 0 Å². The molecular weight excluding hydrogens is 238 g/mol. The molecule has 0 aliphatic rings. The molecule has 1 rings (SSSR count). The van der Waals surface area contributed by atoms with Gasteiger partial charge in [0.05, 0.1) is 6.10 Å². The van der Waals surface area contributed by atoms with Crippen molar-refractivity contribution in [3.05, 3.63) is 18.2 Å². The SMILES string of the molecule is CCCC(OC)C(Cc1nccn1CCC)NCC. The Balaban J connectivity index is 2.73. The van der Waals surface area contributed by atoms with Crippen LogP contribution in [0.3, 0.4) is 0 Å². The molecule has 1 aromatic heterocycles. The van der Waals surface area contributed by atoms with Gasteiger partial charge in [0.2, 0.25) is 0 Å². The van der Waals surface area contributed by atoms with Crippen molar-refractivity contribution in [2.24, 2.45) is 0 Å². The Morgan fingerprint density at radius 1 is 1.32 bits per heavy atom. The molecule has 0 aliphatic heterocycles. The van der Waals surface area contributed by atoms with Crippen LogP contribution < -0.4 is 5.32 Å². The quantitative estimate of drug-likeness (QED) is 0.708. The van der Waals surface area contributed by atoms with Crippen LogP contribution in [0, 0.1) is 0 Å². The zero-order chi connectivity index (χ0) is 14.1. The zero-order valence-electron chi connectivity index (χ0n) is 12.9. The van der Waals surface area contributed by atoms with Gasteiger partial charge in [-0.1, -0.05) is 27.2 Å². The number of aryl methyl sites for hydroxylation is 1. The Kier molecular flexibility index (Phi) is 7.75. The molecule has 0 fully saturated rings. The number of rotatable bonds is 10. The first-order valence-corrected chi connectivity index (χ1v) is 7.52. The van der Waals surface area contributed by atoms with Gasteiger partial charge in [-0.3, -0.25) is 0 Å². The summed E-state index contributed by atoms with van der Waals surface area (Å²) in [5.74, 6) is 1.16. The Hall–Kier alpha value is -0.870. The van der Waals surface area contributed by atoms with Gasteiger partial charge >= 0.3 is 0 Å². The molecule has 1 heterocycles. The number of likely N-dealkylation sites (N-methyl/N-ethyl adjacent to an activating group) is 1.